The Kier molecular flexibility index (Phi) is 7.76. The molecule has 2 aliphatic carbocycles. The quantitative estimate of drug-likeness (QED) is 0.255. The van der Waals surface area contributed by atoms with Crippen molar-refractivity contribution in [2.45, 2.75) is 104 Å². The highest BCUT2D eigenvalue weighted by molar-refractivity contribution is 6.74. The molecule has 186 valence electrons. The summed E-state index contributed by atoms with van der Waals surface area (Å²) in [5, 5.41) is 0.130. The van der Waals surface area contributed by atoms with Crippen molar-refractivity contribution in [2.75, 3.05) is 13.2 Å². The van der Waals surface area contributed by atoms with Gasteiger partial charge in [-0.05, 0) is 42.8 Å². The number of hydrogen-bond acceptors (Lipinski definition) is 4. The minimum absolute atomic E-state index is 0.0306. The summed E-state index contributed by atoms with van der Waals surface area (Å²) in [6, 6.07) is 0. The molecule has 3 rings (SSSR count). The summed E-state index contributed by atoms with van der Waals surface area (Å²) >= 11 is 0. The maximum atomic E-state index is 13.0. The van der Waals surface area contributed by atoms with Crippen LogP contribution in [0.4, 0.5) is 0 Å². The fourth-order valence-corrected chi connectivity index (χ4v) is 6.48. The molecule has 0 bridgehead atoms. The Morgan fingerprint density at radius 1 is 1.21 bits per heavy atom. The molecule has 4 nitrogen and oxygen atoms in total. The molecule has 0 unspecified atom stereocenters. The van der Waals surface area contributed by atoms with Crippen LogP contribution in [0.1, 0.15) is 74.1 Å². The number of Topliss-reactive ketones (excluding diaryl/α,β-unsaturated/α-hetero) is 1. The van der Waals surface area contributed by atoms with E-state index in [0.717, 1.165) is 32.5 Å². The lowest BCUT2D eigenvalue weighted by Crippen LogP contribution is -2.46. The van der Waals surface area contributed by atoms with Gasteiger partial charge in [0.15, 0.2) is 14.1 Å². The lowest BCUT2D eigenvalue weighted by Gasteiger charge is -2.42. The zero-order valence-corrected chi connectivity index (χ0v) is 23.4. The van der Waals surface area contributed by atoms with E-state index in [2.05, 4.69) is 78.6 Å². The number of fused-ring (bicyclic) bond motifs is 1. The Labute approximate surface area is 203 Å². The molecule has 5 atom stereocenters. The van der Waals surface area contributed by atoms with Crippen LogP contribution >= 0.6 is 0 Å². The highest BCUT2D eigenvalue weighted by Gasteiger charge is 2.56. The third-order valence-corrected chi connectivity index (χ3v) is 12.9. The highest BCUT2D eigenvalue weighted by atomic mass is 28.4. The molecule has 5 heteroatoms. The number of allylic oxidation sites excluding steroid dienone is 1. The van der Waals surface area contributed by atoms with Crippen LogP contribution in [-0.4, -0.2) is 39.2 Å². The molecule has 0 aromatic rings. The molecule has 0 aromatic heterocycles. The van der Waals surface area contributed by atoms with Gasteiger partial charge < -0.3 is 13.9 Å². The number of ether oxygens (including phenoxy) is 2. The van der Waals surface area contributed by atoms with Crippen LogP contribution in [0.5, 0.6) is 0 Å². The number of rotatable bonds is 6. The van der Waals surface area contributed by atoms with Crippen molar-refractivity contribution in [3.63, 3.8) is 0 Å². The van der Waals surface area contributed by atoms with Crippen molar-refractivity contribution in [3.05, 3.63) is 12.2 Å². The zero-order chi connectivity index (χ0) is 24.7. The van der Waals surface area contributed by atoms with Gasteiger partial charge in [-0.2, -0.15) is 0 Å². The van der Waals surface area contributed by atoms with Crippen LogP contribution in [0.3, 0.4) is 0 Å². The van der Waals surface area contributed by atoms with Crippen molar-refractivity contribution < 1.29 is 18.7 Å². The van der Waals surface area contributed by atoms with E-state index in [1.54, 1.807) is 0 Å². The molecule has 0 aromatic carbocycles. The van der Waals surface area contributed by atoms with Gasteiger partial charge >= 0.3 is 0 Å². The standard InChI is InChI=1S/C28H46O4Si/c1-10-11-12-20(2)25(32-33(8,9)26(3,4)5)14-13-22-23-17-28(16-21(23)15-24(22)29)30-18-27(6,7)19-31-28/h13-14,20-23,25H,12,15-19H2,1-9H3/b14-13+/t20-,21+,22+,23-,25+/m0/s1. The number of carbonyl (C=O) groups is 1. The molecule has 1 saturated heterocycles. The van der Waals surface area contributed by atoms with E-state index in [1.165, 1.54) is 0 Å². The van der Waals surface area contributed by atoms with E-state index in [1.807, 2.05) is 6.92 Å². The minimum atomic E-state index is -1.96. The Morgan fingerprint density at radius 3 is 2.42 bits per heavy atom. The second kappa shape index (κ2) is 9.61. The molecule has 0 amide bonds. The van der Waals surface area contributed by atoms with E-state index in [4.69, 9.17) is 13.9 Å². The molecule has 1 aliphatic heterocycles. The van der Waals surface area contributed by atoms with E-state index in [0.29, 0.717) is 24.0 Å². The molecule has 33 heavy (non-hydrogen) atoms. The van der Waals surface area contributed by atoms with Crippen LogP contribution in [-0.2, 0) is 18.7 Å². The van der Waals surface area contributed by atoms with Crippen molar-refractivity contribution in [2.24, 2.45) is 29.1 Å². The van der Waals surface area contributed by atoms with Crippen LogP contribution in [0.2, 0.25) is 18.1 Å². The van der Waals surface area contributed by atoms with E-state index < -0.39 is 14.1 Å². The molecule has 2 saturated carbocycles. The minimum Gasteiger partial charge on any atom is -0.410 e. The Bertz CT molecular complexity index is 800. The number of carbonyl (C=O) groups excluding carboxylic acids is 1. The first-order chi connectivity index (χ1) is 15.2. The van der Waals surface area contributed by atoms with Gasteiger partial charge in [0.25, 0.3) is 0 Å². The van der Waals surface area contributed by atoms with Crippen LogP contribution in [0.25, 0.3) is 0 Å². The first-order valence-corrected chi connectivity index (χ1v) is 15.7. The van der Waals surface area contributed by atoms with Crippen LogP contribution in [0.15, 0.2) is 12.2 Å². The molecule has 1 heterocycles. The molecular weight excluding hydrogens is 428 g/mol. The topological polar surface area (TPSA) is 44.8 Å². The predicted molar refractivity (Wildman–Crippen MR) is 136 cm³/mol. The highest BCUT2D eigenvalue weighted by Crippen LogP contribution is 2.54. The van der Waals surface area contributed by atoms with Crippen molar-refractivity contribution in [1.82, 2.24) is 0 Å². The summed E-state index contributed by atoms with van der Waals surface area (Å²) < 4.78 is 19.4. The third-order valence-electron chi connectivity index (χ3n) is 8.38. The van der Waals surface area contributed by atoms with Gasteiger partial charge in [-0.15, -0.1) is 11.8 Å². The summed E-state index contributed by atoms with van der Waals surface area (Å²) in [4.78, 5) is 13.0. The first-order valence-electron chi connectivity index (χ1n) is 12.7. The molecule has 3 fully saturated rings. The molecular formula is C28H46O4Si. The molecule has 0 N–H and O–H groups in total. The zero-order valence-electron chi connectivity index (χ0n) is 22.4. The lowest BCUT2D eigenvalue weighted by molar-refractivity contribution is -0.297. The summed E-state index contributed by atoms with van der Waals surface area (Å²) in [5.41, 5.74) is 0.0594. The predicted octanol–water partition coefficient (Wildman–Crippen LogP) is 6.37. The Balaban J connectivity index is 1.76. The van der Waals surface area contributed by atoms with Crippen molar-refractivity contribution in [1.29, 1.82) is 0 Å². The first kappa shape index (κ1) is 26.7. The molecule has 1 spiro atoms. The van der Waals surface area contributed by atoms with E-state index >= 15 is 0 Å². The summed E-state index contributed by atoms with van der Waals surface area (Å²) in [6.07, 6.45) is 7.41. The maximum Gasteiger partial charge on any atom is 0.192 e. The Morgan fingerprint density at radius 2 is 1.85 bits per heavy atom. The van der Waals surface area contributed by atoms with Crippen LogP contribution in [0, 0.1) is 40.9 Å². The second-order valence-electron chi connectivity index (χ2n) is 13.0. The van der Waals surface area contributed by atoms with E-state index in [-0.39, 0.29) is 28.4 Å². The monoisotopic (exact) mass is 474 g/mol. The number of hydrogen-bond donors (Lipinski definition) is 0. The smallest absolute Gasteiger partial charge is 0.192 e. The second-order valence-corrected chi connectivity index (χ2v) is 17.8. The average molecular weight is 475 g/mol. The normalized spacial score (nSPS) is 30.8. The summed E-state index contributed by atoms with van der Waals surface area (Å²) in [6.45, 7) is 21.3. The van der Waals surface area contributed by atoms with Gasteiger partial charge in [0.2, 0.25) is 0 Å². The number of ketones is 1. The Hall–Kier alpha value is -0.933. The molecule has 3 aliphatic rings. The van der Waals surface area contributed by atoms with Gasteiger partial charge in [0.1, 0.15) is 5.78 Å². The van der Waals surface area contributed by atoms with Gasteiger partial charge in [-0.1, -0.05) is 53.7 Å². The van der Waals surface area contributed by atoms with Gasteiger partial charge in [0, 0.05) is 37.0 Å². The van der Waals surface area contributed by atoms with Crippen molar-refractivity contribution >= 4 is 14.1 Å². The van der Waals surface area contributed by atoms with Gasteiger partial charge in [0.05, 0.1) is 19.3 Å². The SMILES string of the molecule is CC#CC[C@H](C)[C@@H](/C=C/[C@H]1C(=O)C[C@@H]2CC3(C[C@@H]21)OCC(C)(C)CO3)O[Si](C)(C)C(C)(C)C. The van der Waals surface area contributed by atoms with Gasteiger partial charge in [-0.3, -0.25) is 4.79 Å². The van der Waals surface area contributed by atoms with Crippen molar-refractivity contribution in [3.8, 4) is 11.8 Å². The lowest BCUT2D eigenvalue weighted by atomic mass is 9.89. The summed E-state index contributed by atoms with van der Waals surface area (Å²) in [5.74, 6) is 6.99. The fraction of sp³-hybridized carbons (Fsp3) is 0.821. The summed E-state index contributed by atoms with van der Waals surface area (Å²) in [7, 11) is -1.96. The fourth-order valence-electron chi connectivity index (χ4n) is 5.13. The largest absolute Gasteiger partial charge is 0.410 e. The van der Waals surface area contributed by atoms with Gasteiger partial charge in [-0.25, -0.2) is 0 Å². The maximum absolute atomic E-state index is 13.0. The third kappa shape index (κ3) is 6.01. The average Bonchev–Trinajstić information content (AvgIpc) is 3.18. The molecule has 0 radical (unpaired) electrons. The van der Waals surface area contributed by atoms with E-state index in [9.17, 15) is 4.79 Å². The van der Waals surface area contributed by atoms with Crippen LogP contribution < -0.4 is 0 Å².